The van der Waals surface area contributed by atoms with Crippen LogP contribution in [0.25, 0.3) is 0 Å². The largest absolute Gasteiger partial charge is 0.411 e. The summed E-state index contributed by atoms with van der Waals surface area (Å²) in [5, 5.41) is 3.47. The Balaban J connectivity index is 1.79. The highest BCUT2D eigenvalue weighted by atomic mass is 35.5. The van der Waals surface area contributed by atoms with Gasteiger partial charge in [0.25, 0.3) is 0 Å². The van der Waals surface area contributed by atoms with Crippen LogP contribution in [0, 0.1) is 0 Å². The van der Waals surface area contributed by atoms with E-state index in [1.165, 1.54) is 0 Å². The van der Waals surface area contributed by atoms with Gasteiger partial charge in [0.2, 0.25) is 5.91 Å². The first-order valence-corrected chi connectivity index (χ1v) is 6.90. The van der Waals surface area contributed by atoms with Crippen LogP contribution in [0.4, 0.5) is 13.2 Å². The number of amides is 1. The molecular weight excluding hydrogens is 307 g/mol. The Labute approximate surface area is 125 Å². The summed E-state index contributed by atoms with van der Waals surface area (Å²) in [5.74, 6) is -0.315. The lowest BCUT2D eigenvalue weighted by Crippen LogP contribution is -2.35. The van der Waals surface area contributed by atoms with Crippen molar-refractivity contribution < 1.29 is 22.7 Å². The molecule has 1 aliphatic carbocycles. The minimum absolute atomic E-state index is 0.0918. The molecule has 1 fully saturated rings. The standard InChI is InChI=1S/C14H15ClF3NO2/c15-11-3-1-10(2-4-11)13(6-7-13)19-12(20)5-8-21-9-14(16,17)18/h1-4H,5-9H2,(H,19,20). The monoisotopic (exact) mass is 321 g/mol. The summed E-state index contributed by atoms with van der Waals surface area (Å²) < 4.78 is 40.1. The molecule has 1 amide bonds. The molecule has 0 spiro atoms. The zero-order valence-corrected chi connectivity index (χ0v) is 11.9. The molecule has 0 bridgehead atoms. The van der Waals surface area contributed by atoms with Gasteiger partial charge in [0.15, 0.2) is 0 Å². The second-order valence-electron chi connectivity index (χ2n) is 5.05. The first-order valence-electron chi connectivity index (χ1n) is 6.52. The van der Waals surface area contributed by atoms with E-state index in [1.807, 2.05) is 12.1 Å². The number of rotatable bonds is 6. The Hall–Kier alpha value is -1.27. The number of ether oxygens (including phenoxy) is 1. The molecular formula is C14H15ClF3NO2. The van der Waals surface area contributed by atoms with Crippen LogP contribution < -0.4 is 5.32 Å². The molecule has 116 valence electrons. The van der Waals surface area contributed by atoms with E-state index in [0.29, 0.717) is 5.02 Å². The van der Waals surface area contributed by atoms with Crippen LogP contribution in [0.5, 0.6) is 0 Å². The highest BCUT2D eigenvalue weighted by Gasteiger charge is 2.45. The van der Waals surface area contributed by atoms with Crippen molar-refractivity contribution in [1.29, 1.82) is 0 Å². The first-order chi connectivity index (χ1) is 9.81. The molecule has 0 unspecified atom stereocenters. The molecule has 1 saturated carbocycles. The van der Waals surface area contributed by atoms with Crippen LogP contribution >= 0.6 is 11.6 Å². The summed E-state index contributed by atoms with van der Waals surface area (Å²) in [4.78, 5) is 11.8. The van der Waals surface area contributed by atoms with E-state index in [2.05, 4.69) is 10.1 Å². The molecule has 0 atom stereocenters. The van der Waals surface area contributed by atoms with Gasteiger partial charge in [0.05, 0.1) is 12.1 Å². The van der Waals surface area contributed by atoms with Crippen molar-refractivity contribution in [2.24, 2.45) is 0 Å². The average Bonchev–Trinajstić information content (AvgIpc) is 3.15. The minimum Gasteiger partial charge on any atom is -0.372 e. The predicted octanol–water partition coefficient (Wildman–Crippen LogP) is 3.41. The second kappa shape index (κ2) is 6.23. The molecule has 0 heterocycles. The van der Waals surface area contributed by atoms with Crippen LogP contribution in [-0.2, 0) is 15.1 Å². The quantitative estimate of drug-likeness (QED) is 0.815. The minimum atomic E-state index is -4.36. The number of carbonyl (C=O) groups excluding carboxylic acids is 1. The third-order valence-electron chi connectivity index (χ3n) is 3.26. The molecule has 3 nitrogen and oxygen atoms in total. The maximum absolute atomic E-state index is 11.9. The van der Waals surface area contributed by atoms with Gasteiger partial charge in [0.1, 0.15) is 6.61 Å². The molecule has 1 N–H and O–H groups in total. The van der Waals surface area contributed by atoms with Gasteiger partial charge in [-0.05, 0) is 30.5 Å². The molecule has 21 heavy (non-hydrogen) atoms. The number of hydrogen-bond donors (Lipinski definition) is 1. The summed E-state index contributed by atoms with van der Waals surface area (Å²) in [7, 11) is 0. The highest BCUT2D eigenvalue weighted by molar-refractivity contribution is 6.30. The van der Waals surface area contributed by atoms with Crippen molar-refractivity contribution in [3.8, 4) is 0 Å². The molecule has 0 aliphatic heterocycles. The Kier molecular flexibility index (Phi) is 4.78. The SMILES string of the molecule is O=C(CCOCC(F)(F)F)NC1(c2ccc(Cl)cc2)CC1. The number of alkyl halides is 3. The molecule has 1 aromatic rings. The summed E-state index contributed by atoms with van der Waals surface area (Å²) in [6.45, 7) is -1.58. The van der Waals surface area contributed by atoms with E-state index < -0.39 is 18.3 Å². The van der Waals surface area contributed by atoms with E-state index >= 15 is 0 Å². The van der Waals surface area contributed by atoms with Gasteiger partial charge in [-0.25, -0.2) is 0 Å². The van der Waals surface area contributed by atoms with Crippen molar-refractivity contribution in [2.75, 3.05) is 13.2 Å². The Morgan fingerprint density at radius 1 is 1.29 bits per heavy atom. The second-order valence-corrected chi connectivity index (χ2v) is 5.49. The lowest BCUT2D eigenvalue weighted by Gasteiger charge is -2.18. The summed E-state index contributed by atoms with van der Waals surface area (Å²) in [6, 6.07) is 7.18. The fourth-order valence-corrected chi connectivity index (χ4v) is 2.19. The maximum atomic E-state index is 11.9. The lowest BCUT2D eigenvalue weighted by atomic mass is 10.0. The fourth-order valence-electron chi connectivity index (χ4n) is 2.06. The third kappa shape index (κ3) is 4.89. The number of halogens is 4. The zero-order chi connectivity index (χ0) is 15.5. The number of benzene rings is 1. The Bertz CT molecular complexity index is 498. The summed E-state index contributed by atoms with van der Waals surface area (Å²) in [5.41, 5.74) is 0.558. The van der Waals surface area contributed by atoms with Crippen LogP contribution in [0.3, 0.4) is 0 Å². The number of nitrogens with one attached hydrogen (secondary N) is 1. The van der Waals surface area contributed by atoms with Crippen molar-refractivity contribution in [3.63, 3.8) is 0 Å². The van der Waals surface area contributed by atoms with Gasteiger partial charge >= 0.3 is 6.18 Å². The van der Waals surface area contributed by atoms with Crippen LogP contribution in [0.2, 0.25) is 5.02 Å². The maximum Gasteiger partial charge on any atom is 0.411 e. The molecule has 0 saturated heterocycles. The van der Waals surface area contributed by atoms with E-state index in [1.54, 1.807) is 12.1 Å². The third-order valence-corrected chi connectivity index (χ3v) is 3.52. The lowest BCUT2D eigenvalue weighted by molar-refractivity contribution is -0.174. The van der Waals surface area contributed by atoms with Gasteiger partial charge in [0, 0.05) is 11.4 Å². The van der Waals surface area contributed by atoms with E-state index in [0.717, 1.165) is 18.4 Å². The fraction of sp³-hybridized carbons (Fsp3) is 0.500. The van der Waals surface area contributed by atoms with E-state index in [4.69, 9.17) is 11.6 Å². The van der Waals surface area contributed by atoms with Crippen molar-refractivity contribution in [3.05, 3.63) is 34.9 Å². The predicted molar refractivity (Wildman–Crippen MR) is 72.0 cm³/mol. The topological polar surface area (TPSA) is 38.3 Å². The molecule has 0 radical (unpaired) electrons. The zero-order valence-electron chi connectivity index (χ0n) is 11.2. The van der Waals surface area contributed by atoms with Crippen LogP contribution in [0.1, 0.15) is 24.8 Å². The van der Waals surface area contributed by atoms with Gasteiger partial charge in [-0.2, -0.15) is 13.2 Å². The van der Waals surface area contributed by atoms with Gasteiger partial charge in [-0.1, -0.05) is 23.7 Å². The summed E-state index contributed by atoms with van der Waals surface area (Å²) in [6.07, 6.45) is -2.84. The van der Waals surface area contributed by atoms with Crippen molar-refractivity contribution >= 4 is 17.5 Å². The van der Waals surface area contributed by atoms with Crippen molar-refractivity contribution in [2.45, 2.75) is 31.0 Å². The normalized spacial score (nSPS) is 16.6. The molecule has 7 heteroatoms. The Morgan fingerprint density at radius 3 is 2.43 bits per heavy atom. The Morgan fingerprint density at radius 2 is 1.90 bits per heavy atom. The molecule has 2 rings (SSSR count). The molecule has 1 aliphatic rings. The van der Waals surface area contributed by atoms with Gasteiger partial charge in [-0.3, -0.25) is 4.79 Å². The van der Waals surface area contributed by atoms with Crippen molar-refractivity contribution in [1.82, 2.24) is 5.32 Å². The first kappa shape index (κ1) is 16.1. The summed E-state index contributed by atoms with van der Waals surface area (Å²) >= 11 is 5.81. The number of carbonyl (C=O) groups is 1. The smallest absolute Gasteiger partial charge is 0.372 e. The van der Waals surface area contributed by atoms with Crippen LogP contribution in [-0.4, -0.2) is 25.3 Å². The van der Waals surface area contributed by atoms with E-state index in [-0.39, 0.29) is 18.9 Å². The van der Waals surface area contributed by atoms with E-state index in [9.17, 15) is 18.0 Å². The molecule has 1 aromatic carbocycles. The van der Waals surface area contributed by atoms with Crippen LogP contribution in [0.15, 0.2) is 24.3 Å². The molecule has 0 aromatic heterocycles. The van der Waals surface area contributed by atoms with Gasteiger partial charge < -0.3 is 10.1 Å². The number of hydrogen-bond acceptors (Lipinski definition) is 2. The average molecular weight is 322 g/mol. The highest BCUT2D eigenvalue weighted by Crippen LogP contribution is 2.45. The van der Waals surface area contributed by atoms with Gasteiger partial charge in [-0.15, -0.1) is 0 Å².